The number of fused-ring (bicyclic) bond motifs is 1. The van der Waals surface area contributed by atoms with Crippen molar-refractivity contribution in [1.82, 2.24) is 5.32 Å². The zero-order chi connectivity index (χ0) is 12.1. The van der Waals surface area contributed by atoms with Crippen molar-refractivity contribution in [1.29, 1.82) is 0 Å². The molecule has 0 spiro atoms. The summed E-state index contributed by atoms with van der Waals surface area (Å²) in [5, 5.41) is 2.83. The van der Waals surface area contributed by atoms with E-state index in [2.05, 4.69) is 17.4 Å². The van der Waals surface area contributed by atoms with Gasteiger partial charge in [0.15, 0.2) is 0 Å². The molecule has 1 aromatic carbocycles. The van der Waals surface area contributed by atoms with Crippen molar-refractivity contribution < 1.29 is 9.53 Å². The van der Waals surface area contributed by atoms with Gasteiger partial charge in [0.25, 0.3) is 0 Å². The lowest BCUT2D eigenvalue weighted by Gasteiger charge is -2.25. The van der Waals surface area contributed by atoms with Crippen LogP contribution in [0, 0.1) is 0 Å². The first-order valence-electron chi connectivity index (χ1n) is 5.88. The summed E-state index contributed by atoms with van der Waals surface area (Å²) in [5.74, 6) is -0.0602. The Morgan fingerprint density at radius 2 is 2.24 bits per heavy atom. The summed E-state index contributed by atoms with van der Waals surface area (Å²) in [5.41, 5.74) is 2.58. The van der Waals surface area contributed by atoms with Gasteiger partial charge >= 0.3 is 0 Å². The minimum atomic E-state index is -0.0602. The molecule has 1 aliphatic heterocycles. The molecule has 1 aliphatic rings. The van der Waals surface area contributed by atoms with E-state index < -0.39 is 0 Å². The maximum atomic E-state index is 11.3. The summed E-state index contributed by atoms with van der Waals surface area (Å²) < 4.78 is 5.69. The van der Waals surface area contributed by atoms with Crippen LogP contribution in [0.2, 0.25) is 0 Å². The van der Waals surface area contributed by atoms with Crippen molar-refractivity contribution in [2.45, 2.75) is 26.1 Å². The third-order valence-electron chi connectivity index (χ3n) is 2.86. The Balaban J connectivity index is 1.88. The van der Waals surface area contributed by atoms with Crippen molar-refractivity contribution in [3.8, 4) is 0 Å². The average molecular weight is 231 g/mol. The van der Waals surface area contributed by atoms with E-state index in [9.17, 15) is 4.79 Å². The normalized spacial score (nSPS) is 19.0. The van der Waals surface area contributed by atoms with Crippen LogP contribution in [0.5, 0.6) is 0 Å². The molecule has 1 atom stereocenters. The highest BCUT2D eigenvalue weighted by Crippen LogP contribution is 2.19. The maximum Gasteiger partial charge on any atom is 0.243 e. The topological polar surface area (TPSA) is 38.3 Å². The number of ether oxygens (including phenoxy) is 1. The van der Waals surface area contributed by atoms with Gasteiger partial charge in [-0.2, -0.15) is 0 Å². The van der Waals surface area contributed by atoms with E-state index in [1.807, 2.05) is 19.1 Å². The standard InChI is InChI=1S/C14H17NO2/c1-2-5-14(16)15-9-13-8-11-6-3-4-7-12(11)10-17-13/h2-7,13H,8-10H2,1H3,(H,15,16)/b5-2+. The quantitative estimate of drug-likeness (QED) is 0.806. The van der Waals surface area contributed by atoms with E-state index in [1.54, 1.807) is 6.08 Å². The molecule has 0 aliphatic carbocycles. The molecule has 0 saturated heterocycles. The van der Waals surface area contributed by atoms with Crippen molar-refractivity contribution in [3.05, 3.63) is 47.5 Å². The van der Waals surface area contributed by atoms with Crippen LogP contribution in [0.1, 0.15) is 18.1 Å². The van der Waals surface area contributed by atoms with Gasteiger partial charge in [0.1, 0.15) is 0 Å². The van der Waals surface area contributed by atoms with Crippen LogP contribution in [0.25, 0.3) is 0 Å². The Labute approximate surface area is 101 Å². The number of amides is 1. The molecular weight excluding hydrogens is 214 g/mol. The maximum absolute atomic E-state index is 11.3. The van der Waals surface area contributed by atoms with Gasteiger partial charge in [-0.25, -0.2) is 0 Å². The first kappa shape index (κ1) is 11.9. The van der Waals surface area contributed by atoms with Crippen molar-refractivity contribution >= 4 is 5.91 Å². The van der Waals surface area contributed by atoms with Gasteiger partial charge in [0.2, 0.25) is 5.91 Å². The Bertz CT molecular complexity index is 426. The first-order valence-corrected chi connectivity index (χ1v) is 5.88. The molecule has 0 saturated carbocycles. The van der Waals surface area contributed by atoms with Gasteiger partial charge in [-0.05, 0) is 24.1 Å². The van der Waals surface area contributed by atoms with Crippen LogP contribution in [0.3, 0.4) is 0 Å². The van der Waals surface area contributed by atoms with E-state index in [0.29, 0.717) is 13.2 Å². The van der Waals surface area contributed by atoms with E-state index in [4.69, 9.17) is 4.74 Å². The van der Waals surface area contributed by atoms with Crippen LogP contribution in [-0.2, 0) is 22.6 Å². The molecule has 3 heteroatoms. The number of nitrogens with one attached hydrogen (secondary N) is 1. The molecule has 1 aromatic rings. The summed E-state index contributed by atoms with van der Waals surface area (Å²) in [6.45, 7) is 3.03. The molecule has 0 bridgehead atoms. The summed E-state index contributed by atoms with van der Waals surface area (Å²) in [6, 6.07) is 8.28. The van der Waals surface area contributed by atoms with Crippen LogP contribution < -0.4 is 5.32 Å². The highest BCUT2D eigenvalue weighted by Gasteiger charge is 2.18. The van der Waals surface area contributed by atoms with Gasteiger partial charge in [0, 0.05) is 13.0 Å². The van der Waals surface area contributed by atoms with Gasteiger partial charge in [-0.15, -0.1) is 0 Å². The van der Waals surface area contributed by atoms with E-state index in [-0.39, 0.29) is 12.0 Å². The highest BCUT2D eigenvalue weighted by molar-refractivity contribution is 5.87. The summed E-state index contributed by atoms with van der Waals surface area (Å²) in [6.07, 6.45) is 4.20. The Hall–Kier alpha value is -1.61. The summed E-state index contributed by atoms with van der Waals surface area (Å²) in [7, 11) is 0. The minimum Gasteiger partial charge on any atom is -0.371 e. The zero-order valence-corrected chi connectivity index (χ0v) is 9.98. The average Bonchev–Trinajstić information content (AvgIpc) is 2.36. The molecule has 0 aromatic heterocycles. The number of hydrogen-bond acceptors (Lipinski definition) is 2. The van der Waals surface area contributed by atoms with E-state index in [0.717, 1.165) is 6.42 Å². The Morgan fingerprint density at radius 3 is 3.00 bits per heavy atom. The monoisotopic (exact) mass is 231 g/mol. The number of hydrogen-bond donors (Lipinski definition) is 1. The molecule has 1 amide bonds. The van der Waals surface area contributed by atoms with Gasteiger partial charge in [-0.1, -0.05) is 30.3 Å². The molecule has 1 unspecified atom stereocenters. The molecule has 2 rings (SSSR count). The van der Waals surface area contributed by atoms with E-state index in [1.165, 1.54) is 17.2 Å². The lowest BCUT2D eigenvalue weighted by atomic mass is 9.99. The largest absolute Gasteiger partial charge is 0.371 e. The zero-order valence-electron chi connectivity index (χ0n) is 9.98. The second kappa shape index (κ2) is 5.64. The van der Waals surface area contributed by atoms with Crippen LogP contribution in [0.15, 0.2) is 36.4 Å². The van der Waals surface area contributed by atoms with Gasteiger partial charge < -0.3 is 10.1 Å². The van der Waals surface area contributed by atoms with Crippen molar-refractivity contribution in [2.75, 3.05) is 6.54 Å². The molecule has 90 valence electrons. The van der Waals surface area contributed by atoms with E-state index >= 15 is 0 Å². The smallest absolute Gasteiger partial charge is 0.243 e. The Morgan fingerprint density at radius 1 is 1.47 bits per heavy atom. The number of benzene rings is 1. The first-order chi connectivity index (χ1) is 8.29. The van der Waals surface area contributed by atoms with Gasteiger partial charge in [-0.3, -0.25) is 4.79 Å². The second-order valence-electron chi connectivity index (χ2n) is 4.15. The Kier molecular flexibility index (Phi) is 3.94. The third-order valence-corrected chi connectivity index (χ3v) is 2.86. The number of allylic oxidation sites excluding steroid dienone is 1. The molecule has 1 N–H and O–H groups in total. The molecule has 0 fully saturated rings. The molecular formula is C14H17NO2. The fraction of sp³-hybridized carbons (Fsp3) is 0.357. The molecule has 3 nitrogen and oxygen atoms in total. The van der Waals surface area contributed by atoms with Crippen LogP contribution >= 0.6 is 0 Å². The fourth-order valence-corrected chi connectivity index (χ4v) is 1.97. The minimum absolute atomic E-state index is 0.0602. The second-order valence-corrected chi connectivity index (χ2v) is 4.15. The van der Waals surface area contributed by atoms with Crippen molar-refractivity contribution in [3.63, 3.8) is 0 Å². The number of rotatable bonds is 3. The third kappa shape index (κ3) is 3.17. The predicted molar refractivity (Wildman–Crippen MR) is 66.5 cm³/mol. The lowest BCUT2D eigenvalue weighted by Crippen LogP contribution is -2.36. The van der Waals surface area contributed by atoms with Gasteiger partial charge in [0.05, 0.1) is 12.7 Å². The number of carbonyl (C=O) groups is 1. The van der Waals surface area contributed by atoms with Crippen LogP contribution in [-0.4, -0.2) is 18.6 Å². The highest BCUT2D eigenvalue weighted by atomic mass is 16.5. The summed E-state index contributed by atoms with van der Waals surface area (Å²) in [4.78, 5) is 11.3. The lowest BCUT2D eigenvalue weighted by molar-refractivity contribution is -0.117. The van der Waals surface area contributed by atoms with Crippen molar-refractivity contribution in [2.24, 2.45) is 0 Å². The molecule has 17 heavy (non-hydrogen) atoms. The number of carbonyl (C=O) groups excluding carboxylic acids is 1. The molecule has 0 radical (unpaired) electrons. The fourth-order valence-electron chi connectivity index (χ4n) is 1.97. The predicted octanol–water partition coefficient (Wildman–Crippen LogP) is 1.82. The summed E-state index contributed by atoms with van der Waals surface area (Å²) >= 11 is 0. The molecule has 1 heterocycles. The van der Waals surface area contributed by atoms with Crippen LogP contribution in [0.4, 0.5) is 0 Å². The SMILES string of the molecule is C/C=C/C(=O)NCC1Cc2ccccc2CO1.